The lowest BCUT2D eigenvalue weighted by Crippen LogP contribution is -2.26. The molecule has 0 fully saturated rings. The van der Waals surface area contributed by atoms with Crippen molar-refractivity contribution in [3.8, 4) is 0 Å². The Morgan fingerprint density at radius 1 is 1.48 bits per heavy atom. The smallest absolute Gasteiger partial charge is 0.360 e. The normalized spacial score (nSPS) is 12.1. The fraction of sp³-hybridized carbons (Fsp3) is 0.455. The highest BCUT2D eigenvalue weighted by molar-refractivity contribution is 7.19. The first-order valence-electron chi connectivity index (χ1n) is 5.67. The van der Waals surface area contributed by atoms with Crippen LogP contribution in [-0.4, -0.2) is 39.9 Å². The van der Waals surface area contributed by atoms with Gasteiger partial charge in [0.05, 0.1) is 0 Å². The van der Waals surface area contributed by atoms with Gasteiger partial charge in [-0.05, 0) is 20.8 Å². The molecule has 1 aromatic heterocycles. The molecular weight excluding hydrogens is 322 g/mol. The summed E-state index contributed by atoms with van der Waals surface area (Å²) in [6, 6.07) is 0. The van der Waals surface area contributed by atoms with E-state index >= 15 is 0 Å². The second kappa shape index (κ2) is 6.72. The molecule has 0 saturated heterocycles. The number of aliphatic carboxylic acids is 1. The first kappa shape index (κ1) is 17.2. The first-order chi connectivity index (χ1) is 9.60. The van der Waals surface area contributed by atoms with Gasteiger partial charge >= 0.3 is 11.9 Å². The number of aromatic nitrogens is 1. The van der Waals surface area contributed by atoms with Crippen molar-refractivity contribution < 1.29 is 24.3 Å². The fourth-order valence-electron chi connectivity index (χ4n) is 1.17. The van der Waals surface area contributed by atoms with E-state index in [-0.39, 0.29) is 15.2 Å². The van der Waals surface area contributed by atoms with Gasteiger partial charge in [-0.25, -0.2) is 14.6 Å². The number of anilines is 1. The van der Waals surface area contributed by atoms with E-state index in [1.807, 2.05) is 0 Å². The van der Waals surface area contributed by atoms with Crippen molar-refractivity contribution >= 4 is 45.7 Å². The summed E-state index contributed by atoms with van der Waals surface area (Å²) in [5.41, 5.74) is 4.09. The monoisotopic (exact) mass is 335 g/mol. The summed E-state index contributed by atoms with van der Waals surface area (Å²) < 4.78 is 5.04. The van der Waals surface area contributed by atoms with E-state index in [2.05, 4.69) is 15.0 Å². The Morgan fingerprint density at radius 2 is 2.10 bits per heavy atom. The third-order valence-corrected chi connectivity index (χ3v) is 2.87. The van der Waals surface area contributed by atoms with Gasteiger partial charge in [-0.2, -0.15) is 0 Å². The molecule has 10 heteroatoms. The Kier molecular flexibility index (Phi) is 5.50. The number of carbonyl (C=O) groups excluding carboxylic acids is 1. The molecule has 1 rings (SSSR count). The van der Waals surface area contributed by atoms with Crippen LogP contribution < -0.4 is 5.73 Å². The van der Waals surface area contributed by atoms with E-state index in [0.717, 1.165) is 11.3 Å². The number of nitrogen functional groups attached to an aromatic ring is 1. The minimum Gasteiger partial charge on any atom is -0.476 e. The van der Waals surface area contributed by atoms with E-state index in [0.29, 0.717) is 0 Å². The Morgan fingerprint density at radius 3 is 2.52 bits per heavy atom. The number of hydrogen-bond donors (Lipinski definition) is 2. The number of carbonyl (C=O) groups is 2. The number of esters is 1. The van der Waals surface area contributed by atoms with Crippen molar-refractivity contribution in [2.75, 3.05) is 12.3 Å². The maximum absolute atomic E-state index is 11.4. The SMILES string of the molecule is CC(C)(C)OC(=O)CON=C(C(=O)O)c1nc(N)sc1Cl. The third kappa shape index (κ3) is 5.56. The molecular formula is C11H14ClN3O5S. The van der Waals surface area contributed by atoms with Crippen molar-refractivity contribution in [3.05, 3.63) is 10.0 Å². The molecule has 116 valence electrons. The number of rotatable bonds is 5. The molecule has 0 spiro atoms. The standard InChI is InChI=1S/C11H14ClN3O5S/c1-11(2,3)20-5(16)4-19-15-7(9(17)18)6-8(12)21-10(13)14-6/h4H2,1-3H3,(H2,13,14)(H,17,18). The maximum atomic E-state index is 11.4. The molecule has 1 heterocycles. The Labute approximate surface area is 129 Å². The van der Waals surface area contributed by atoms with Gasteiger partial charge in [0.1, 0.15) is 15.6 Å². The van der Waals surface area contributed by atoms with Crippen molar-refractivity contribution in [2.45, 2.75) is 26.4 Å². The van der Waals surface area contributed by atoms with Crippen LogP contribution in [-0.2, 0) is 19.2 Å². The highest BCUT2D eigenvalue weighted by Gasteiger charge is 2.22. The predicted octanol–water partition coefficient (Wildman–Crippen LogP) is 1.53. The number of carboxylic acid groups (broad SMARTS) is 1. The lowest BCUT2D eigenvalue weighted by molar-refractivity contribution is -0.160. The molecule has 0 aliphatic heterocycles. The highest BCUT2D eigenvalue weighted by Crippen LogP contribution is 2.26. The van der Waals surface area contributed by atoms with Crippen molar-refractivity contribution in [1.29, 1.82) is 0 Å². The molecule has 8 nitrogen and oxygen atoms in total. The number of nitrogens with zero attached hydrogens (tertiary/aromatic N) is 2. The summed E-state index contributed by atoms with van der Waals surface area (Å²) in [7, 11) is 0. The first-order valence-corrected chi connectivity index (χ1v) is 6.87. The molecule has 1 aromatic rings. The highest BCUT2D eigenvalue weighted by atomic mass is 35.5. The van der Waals surface area contributed by atoms with E-state index in [9.17, 15) is 9.59 Å². The Bertz CT molecular complexity index is 579. The average molecular weight is 336 g/mol. The van der Waals surface area contributed by atoms with E-state index in [1.165, 1.54) is 0 Å². The van der Waals surface area contributed by atoms with Gasteiger partial charge in [0.2, 0.25) is 12.3 Å². The van der Waals surface area contributed by atoms with Crippen LogP contribution in [0, 0.1) is 0 Å². The van der Waals surface area contributed by atoms with Crippen LogP contribution in [0.3, 0.4) is 0 Å². The van der Waals surface area contributed by atoms with Crippen molar-refractivity contribution in [2.24, 2.45) is 5.16 Å². The number of hydrogen-bond acceptors (Lipinski definition) is 8. The van der Waals surface area contributed by atoms with Crippen LogP contribution in [0.5, 0.6) is 0 Å². The topological polar surface area (TPSA) is 124 Å². The van der Waals surface area contributed by atoms with Crippen molar-refractivity contribution in [3.63, 3.8) is 0 Å². The zero-order valence-electron chi connectivity index (χ0n) is 11.5. The molecule has 3 N–H and O–H groups in total. The number of halogens is 1. The van der Waals surface area contributed by atoms with Gasteiger partial charge in [-0.15, -0.1) is 0 Å². The molecule has 0 unspecified atom stereocenters. The lowest BCUT2D eigenvalue weighted by Gasteiger charge is -2.18. The molecule has 0 amide bonds. The van der Waals surface area contributed by atoms with Crippen LogP contribution in [0.2, 0.25) is 4.34 Å². The number of ether oxygens (including phenoxy) is 1. The van der Waals surface area contributed by atoms with E-state index < -0.39 is 29.9 Å². The summed E-state index contributed by atoms with van der Waals surface area (Å²) in [5, 5.41) is 12.5. The molecule has 0 aliphatic rings. The maximum Gasteiger partial charge on any atom is 0.360 e. The summed E-state index contributed by atoms with van der Waals surface area (Å²) in [5.74, 6) is -2.09. The Balaban J connectivity index is 2.77. The number of oxime groups is 1. The second-order valence-electron chi connectivity index (χ2n) is 4.78. The van der Waals surface area contributed by atoms with Crippen molar-refractivity contribution in [1.82, 2.24) is 4.98 Å². The predicted molar refractivity (Wildman–Crippen MR) is 77.5 cm³/mol. The number of thiazole rings is 1. The zero-order chi connectivity index (χ0) is 16.2. The average Bonchev–Trinajstić information content (AvgIpc) is 2.61. The van der Waals surface area contributed by atoms with Crippen LogP contribution in [0.1, 0.15) is 26.5 Å². The quantitative estimate of drug-likeness (QED) is 0.475. The van der Waals surface area contributed by atoms with E-state index in [4.69, 9.17) is 27.2 Å². The Hall–Kier alpha value is -1.87. The largest absolute Gasteiger partial charge is 0.476 e. The van der Waals surface area contributed by atoms with Crippen LogP contribution in [0.25, 0.3) is 0 Å². The zero-order valence-corrected chi connectivity index (χ0v) is 13.1. The summed E-state index contributed by atoms with van der Waals surface area (Å²) in [4.78, 5) is 30.9. The number of nitrogens with two attached hydrogens (primary N) is 1. The van der Waals surface area contributed by atoms with Gasteiger partial charge in [0.15, 0.2) is 5.13 Å². The molecule has 21 heavy (non-hydrogen) atoms. The van der Waals surface area contributed by atoms with Gasteiger partial charge < -0.3 is 20.4 Å². The number of carboxylic acids is 1. The van der Waals surface area contributed by atoms with Crippen LogP contribution in [0.4, 0.5) is 5.13 Å². The molecule has 0 atom stereocenters. The van der Waals surface area contributed by atoms with Crippen LogP contribution in [0.15, 0.2) is 5.16 Å². The second-order valence-corrected chi connectivity index (χ2v) is 6.41. The summed E-state index contributed by atoms with van der Waals surface area (Å²) in [6.45, 7) is 4.53. The molecule has 0 bridgehead atoms. The third-order valence-electron chi connectivity index (χ3n) is 1.79. The van der Waals surface area contributed by atoms with Crippen LogP contribution >= 0.6 is 22.9 Å². The van der Waals surface area contributed by atoms with E-state index in [1.54, 1.807) is 20.8 Å². The minimum absolute atomic E-state index is 0.0644. The minimum atomic E-state index is -1.41. The molecule has 0 aromatic carbocycles. The van der Waals surface area contributed by atoms with Gasteiger partial charge in [0.25, 0.3) is 0 Å². The molecule has 0 radical (unpaired) electrons. The van der Waals surface area contributed by atoms with Gasteiger partial charge in [-0.3, -0.25) is 0 Å². The van der Waals surface area contributed by atoms with Gasteiger partial charge in [-0.1, -0.05) is 28.1 Å². The lowest BCUT2D eigenvalue weighted by atomic mass is 10.2. The van der Waals surface area contributed by atoms with Gasteiger partial charge in [0, 0.05) is 0 Å². The summed E-state index contributed by atoms with van der Waals surface area (Å²) >= 11 is 6.70. The summed E-state index contributed by atoms with van der Waals surface area (Å²) in [6.07, 6.45) is 0. The molecule has 0 aliphatic carbocycles. The molecule has 0 saturated carbocycles. The fourth-order valence-corrected chi connectivity index (χ4v) is 2.10.